The van der Waals surface area contributed by atoms with E-state index in [0.29, 0.717) is 0 Å². The second-order valence-corrected chi connectivity index (χ2v) is 6.70. The molecule has 5 nitrogen and oxygen atoms in total. The molecule has 4 saturated carbocycles. The number of nitrogens with zero attached hydrogens (tertiary/aromatic N) is 1. The predicted octanol–water partition coefficient (Wildman–Crippen LogP) is 1.18. The quantitative estimate of drug-likeness (QED) is 0.445. The molecule has 0 spiro atoms. The van der Waals surface area contributed by atoms with Crippen molar-refractivity contribution in [2.75, 3.05) is 0 Å². The lowest BCUT2D eigenvalue weighted by atomic mass is 9.48. The molecule has 4 fully saturated rings. The summed E-state index contributed by atoms with van der Waals surface area (Å²) in [6.07, 6.45) is 7.71. The molecule has 0 aliphatic heterocycles. The fourth-order valence-electron chi connectivity index (χ4n) is 4.86. The normalized spacial score (nSPS) is 40.3. The van der Waals surface area contributed by atoms with E-state index in [1.54, 1.807) is 0 Å². The molecule has 2 amide bonds. The highest BCUT2D eigenvalue weighted by Crippen LogP contribution is 2.60. The highest BCUT2D eigenvalue weighted by molar-refractivity contribution is 6.34. The largest absolute Gasteiger partial charge is 0.361 e. The average molecular weight is 263 g/mol. The van der Waals surface area contributed by atoms with E-state index < -0.39 is 11.8 Å². The molecule has 104 valence electrons. The van der Waals surface area contributed by atoms with Crippen LogP contribution in [-0.2, 0) is 9.59 Å². The van der Waals surface area contributed by atoms with Crippen molar-refractivity contribution in [2.24, 2.45) is 34.0 Å². The number of hydrazone groups is 1. The number of primary amides is 1. The molecule has 4 aliphatic carbocycles. The average Bonchev–Trinajstić information content (AvgIpc) is 2.33. The molecule has 0 aromatic rings. The van der Waals surface area contributed by atoms with E-state index in [1.807, 2.05) is 6.92 Å². The van der Waals surface area contributed by atoms with Gasteiger partial charge in [0.2, 0.25) is 0 Å². The molecule has 4 rings (SSSR count). The fraction of sp³-hybridized carbons (Fsp3) is 0.786. The maximum atomic E-state index is 11.2. The van der Waals surface area contributed by atoms with E-state index in [2.05, 4.69) is 10.5 Å². The number of carbonyl (C=O) groups excluding carboxylic acids is 2. The van der Waals surface area contributed by atoms with E-state index in [-0.39, 0.29) is 5.41 Å². The number of carbonyl (C=O) groups is 2. The molecule has 0 radical (unpaired) electrons. The molecule has 0 saturated heterocycles. The van der Waals surface area contributed by atoms with Crippen molar-refractivity contribution < 1.29 is 9.59 Å². The minimum atomic E-state index is -0.984. The molecule has 4 bridgehead atoms. The molecule has 0 aromatic carbocycles. The molecule has 4 aliphatic rings. The van der Waals surface area contributed by atoms with Gasteiger partial charge in [-0.25, -0.2) is 5.43 Å². The summed E-state index contributed by atoms with van der Waals surface area (Å²) >= 11 is 0. The maximum Gasteiger partial charge on any atom is 0.329 e. The van der Waals surface area contributed by atoms with E-state index in [9.17, 15) is 9.59 Å². The summed E-state index contributed by atoms with van der Waals surface area (Å²) in [6.45, 7) is 1.98. The Kier molecular flexibility index (Phi) is 2.87. The van der Waals surface area contributed by atoms with Gasteiger partial charge < -0.3 is 5.73 Å². The van der Waals surface area contributed by atoms with Crippen LogP contribution in [0.25, 0.3) is 0 Å². The van der Waals surface area contributed by atoms with Crippen LogP contribution in [0.1, 0.15) is 45.4 Å². The van der Waals surface area contributed by atoms with Crippen LogP contribution in [0, 0.1) is 23.2 Å². The Balaban J connectivity index is 1.75. The predicted molar refractivity (Wildman–Crippen MR) is 71.1 cm³/mol. The van der Waals surface area contributed by atoms with Crippen LogP contribution in [0.15, 0.2) is 5.10 Å². The monoisotopic (exact) mass is 263 g/mol. The molecule has 0 heterocycles. The molecule has 0 aromatic heterocycles. The summed E-state index contributed by atoms with van der Waals surface area (Å²) < 4.78 is 0. The van der Waals surface area contributed by atoms with Gasteiger partial charge in [-0.2, -0.15) is 5.10 Å². The van der Waals surface area contributed by atoms with Crippen LogP contribution in [0.5, 0.6) is 0 Å². The smallest absolute Gasteiger partial charge is 0.329 e. The fourth-order valence-corrected chi connectivity index (χ4v) is 4.86. The molecule has 0 unspecified atom stereocenters. The van der Waals surface area contributed by atoms with E-state index in [4.69, 9.17) is 5.73 Å². The van der Waals surface area contributed by atoms with Gasteiger partial charge in [-0.05, 0) is 63.2 Å². The van der Waals surface area contributed by atoms with Gasteiger partial charge in [-0.15, -0.1) is 0 Å². The van der Waals surface area contributed by atoms with Crippen molar-refractivity contribution in [1.29, 1.82) is 0 Å². The maximum absolute atomic E-state index is 11.2. The first-order chi connectivity index (χ1) is 8.98. The van der Waals surface area contributed by atoms with Crippen molar-refractivity contribution >= 4 is 17.5 Å². The van der Waals surface area contributed by atoms with Crippen molar-refractivity contribution in [1.82, 2.24) is 5.43 Å². The molecule has 5 heteroatoms. The summed E-state index contributed by atoms with van der Waals surface area (Å²) in [5.41, 5.74) is 8.33. The minimum Gasteiger partial charge on any atom is -0.361 e. The third kappa shape index (κ3) is 2.15. The first-order valence-corrected chi connectivity index (χ1v) is 7.13. The van der Waals surface area contributed by atoms with Gasteiger partial charge in [0, 0.05) is 11.1 Å². The SMILES string of the molecule is CC(=NNC(=O)C(N)=O)C12CC3CC(CC(C3)C1)C2. The van der Waals surface area contributed by atoms with Gasteiger partial charge in [0.25, 0.3) is 0 Å². The summed E-state index contributed by atoms with van der Waals surface area (Å²) in [5, 5.41) is 4.15. The van der Waals surface area contributed by atoms with Gasteiger partial charge >= 0.3 is 11.8 Å². The first-order valence-electron chi connectivity index (χ1n) is 7.13. The summed E-state index contributed by atoms with van der Waals surface area (Å²) in [5.74, 6) is 0.695. The standard InChI is InChI=1S/C14H21N3O2/c1-8(16-17-13(19)12(15)18)14-5-9-2-10(6-14)4-11(3-9)7-14/h9-11H,2-7H2,1H3,(H2,15,18)(H,17,19). The Labute approximate surface area is 113 Å². The molecule has 0 atom stereocenters. The van der Waals surface area contributed by atoms with Crippen LogP contribution < -0.4 is 11.2 Å². The van der Waals surface area contributed by atoms with Gasteiger partial charge in [0.05, 0.1) is 0 Å². The minimum absolute atomic E-state index is 0.166. The van der Waals surface area contributed by atoms with Gasteiger partial charge in [-0.1, -0.05) is 0 Å². The van der Waals surface area contributed by atoms with Crippen molar-refractivity contribution in [3.05, 3.63) is 0 Å². The number of hydrogen-bond donors (Lipinski definition) is 2. The number of rotatable bonds is 2. The van der Waals surface area contributed by atoms with E-state index in [0.717, 1.165) is 23.5 Å². The lowest BCUT2D eigenvalue weighted by Gasteiger charge is -2.56. The van der Waals surface area contributed by atoms with Crippen molar-refractivity contribution in [3.8, 4) is 0 Å². The molecule has 19 heavy (non-hydrogen) atoms. The zero-order valence-corrected chi connectivity index (χ0v) is 11.3. The Morgan fingerprint density at radius 1 is 1.11 bits per heavy atom. The van der Waals surface area contributed by atoms with Crippen LogP contribution in [0.4, 0.5) is 0 Å². The Morgan fingerprint density at radius 3 is 2.00 bits per heavy atom. The number of amides is 2. The third-order valence-electron chi connectivity index (χ3n) is 5.35. The highest BCUT2D eigenvalue weighted by atomic mass is 16.2. The van der Waals surface area contributed by atoms with E-state index >= 15 is 0 Å². The second-order valence-electron chi connectivity index (χ2n) is 6.70. The zero-order valence-electron chi connectivity index (χ0n) is 11.3. The van der Waals surface area contributed by atoms with Gasteiger partial charge in [-0.3, -0.25) is 9.59 Å². The number of hydrogen-bond acceptors (Lipinski definition) is 3. The van der Waals surface area contributed by atoms with Crippen LogP contribution in [-0.4, -0.2) is 17.5 Å². The van der Waals surface area contributed by atoms with E-state index in [1.165, 1.54) is 38.5 Å². The zero-order chi connectivity index (χ0) is 13.6. The topological polar surface area (TPSA) is 84.6 Å². The van der Waals surface area contributed by atoms with Crippen LogP contribution >= 0.6 is 0 Å². The lowest BCUT2D eigenvalue weighted by molar-refractivity contribution is -0.137. The van der Waals surface area contributed by atoms with Gasteiger partial charge in [0.15, 0.2) is 0 Å². The number of nitrogens with two attached hydrogens (primary N) is 1. The van der Waals surface area contributed by atoms with Crippen molar-refractivity contribution in [2.45, 2.75) is 45.4 Å². The second kappa shape index (κ2) is 4.32. The Hall–Kier alpha value is -1.39. The number of nitrogens with one attached hydrogen (secondary N) is 1. The Morgan fingerprint density at radius 2 is 1.58 bits per heavy atom. The van der Waals surface area contributed by atoms with Crippen LogP contribution in [0.3, 0.4) is 0 Å². The van der Waals surface area contributed by atoms with Crippen molar-refractivity contribution in [3.63, 3.8) is 0 Å². The summed E-state index contributed by atoms with van der Waals surface area (Å²) in [7, 11) is 0. The highest BCUT2D eigenvalue weighted by Gasteiger charge is 2.52. The molecule has 3 N–H and O–H groups in total. The Bertz CT molecular complexity index is 420. The van der Waals surface area contributed by atoms with Gasteiger partial charge in [0.1, 0.15) is 0 Å². The summed E-state index contributed by atoms with van der Waals surface area (Å²) in [4.78, 5) is 21.9. The summed E-state index contributed by atoms with van der Waals surface area (Å²) in [6, 6.07) is 0. The first kappa shape index (κ1) is 12.6. The lowest BCUT2D eigenvalue weighted by Crippen LogP contribution is -2.50. The third-order valence-corrected chi connectivity index (χ3v) is 5.35. The molecular formula is C14H21N3O2. The molecular weight excluding hydrogens is 242 g/mol. The van der Waals surface area contributed by atoms with Crippen LogP contribution in [0.2, 0.25) is 0 Å².